The molecule has 0 saturated heterocycles. The fourth-order valence-electron chi connectivity index (χ4n) is 3.07. The van der Waals surface area contributed by atoms with Gasteiger partial charge in [0, 0.05) is 12.1 Å². The highest BCUT2D eigenvalue weighted by molar-refractivity contribution is 6.34. The third kappa shape index (κ3) is 3.11. The Kier molecular flexibility index (Phi) is 4.26. The summed E-state index contributed by atoms with van der Waals surface area (Å²) in [4.78, 5) is 38.5. The first-order chi connectivity index (χ1) is 13.1. The number of rotatable bonds is 4. The lowest BCUT2D eigenvalue weighted by Gasteiger charge is -2.14. The normalized spacial score (nSPS) is 12.8. The molecule has 0 atom stereocenters. The van der Waals surface area contributed by atoms with E-state index in [-0.39, 0.29) is 17.7 Å². The van der Waals surface area contributed by atoms with E-state index in [2.05, 4.69) is 5.32 Å². The Bertz CT molecular complexity index is 992. The lowest BCUT2D eigenvalue weighted by Crippen LogP contribution is -2.29. The monoisotopic (exact) mass is 356 g/mol. The molecule has 0 radical (unpaired) electrons. The average Bonchev–Trinajstić information content (AvgIpc) is 2.98. The van der Waals surface area contributed by atoms with Crippen LogP contribution in [0.3, 0.4) is 0 Å². The van der Waals surface area contributed by atoms with Crippen molar-refractivity contribution in [3.8, 4) is 0 Å². The number of fused-ring (bicyclic) bond motifs is 1. The van der Waals surface area contributed by atoms with Gasteiger partial charge >= 0.3 is 0 Å². The predicted molar refractivity (Wildman–Crippen MR) is 102 cm³/mol. The second-order valence-corrected chi connectivity index (χ2v) is 6.21. The second-order valence-electron chi connectivity index (χ2n) is 6.21. The lowest BCUT2D eigenvalue weighted by atomic mass is 10.1. The molecule has 1 N–H and O–H groups in total. The number of hydrogen-bond donors (Lipinski definition) is 1. The van der Waals surface area contributed by atoms with Crippen molar-refractivity contribution in [2.45, 2.75) is 6.54 Å². The zero-order chi connectivity index (χ0) is 18.8. The Balaban J connectivity index is 1.49. The third-order valence-electron chi connectivity index (χ3n) is 4.48. The van der Waals surface area contributed by atoms with E-state index in [9.17, 15) is 14.4 Å². The molecule has 0 saturated carbocycles. The summed E-state index contributed by atoms with van der Waals surface area (Å²) in [5.74, 6) is -0.915. The molecule has 0 fully saturated rings. The summed E-state index contributed by atoms with van der Waals surface area (Å²) in [5, 5.41) is 2.85. The number of amides is 3. The Morgan fingerprint density at radius 2 is 1.30 bits per heavy atom. The lowest BCUT2D eigenvalue weighted by molar-refractivity contribution is 0.0923. The third-order valence-corrected chi connectivity index (χ3v) is 4.48. The van der Waals surface area contributed by atoms with E-state index < -0.39 is 0 Å². The van der Waals surface area contributed by atoms with Gasteiger partial charge in [-0.1, -0.05) is 42.5 Å². The first kappa shape index (κ1) is 16.7. The molecule has 5 heteroatoms. The van der Waals surface area contributed by atoms with E-state index >= 15 is 0 Å². The molecule has 3 amide bonds. The van der Waals surface area contributed by atoms with Crippen molar-refractivity contribution in [1.29, 1.82) is 0 Å². The first-order valence-corrected chi connectivity index (χ1v) is 8.55. The van der Waals surface area contributed by atoms with Crippen LogP contribution in [0.2, 0.25) is 0 Å². The second kappa shape index (κ2) is 6.88. The number of imide groups is 1. The van der Waals surface area contributed by atoms with Crippen LogP contribution in [0.25, 0.3) is 0 Å². The van der Waals surface area contributed by atoms with Crippen molar-refractivity contribution in [1.82, 2.24) is 5.32 Å². The summed E-state index contributed by atoms with van der Waals surface area (Å²) in [6.45, 7) is 0.430. The Hall–Kier alpha value is -3.73. The molecule has 3 aromatic carbocycles. The number of carbonyl (C=O) groups excluding carboxylic acids is 3. The molecule has 0 aromatic heterocycles. The molecule has 27 heavy (non-hydrogen) atoms. The molecule has 0 bridgehead atoms. The minimum Gasteiger partial charge on any atom is -0.348 e. The average molecular weight is 356 g/mol. The van der Waals surface area contributed by atoms with Gasteiger partial charge in [-0.15, -0.1) is 0 Å². The van der Waals surface area contributed by atoms with Gasteiger partial charge < -0.3 is 5.32 Å². The van der Waals surface area contributed by atoms with Gasteiger partial charge in [0.1, 0.15) is 0 Å². The van der Waals surface area contributed by atoms with Gasteiger partial charge in [-0.3, -0.25) is 14.4 Å². The van der Waals surface area contributed by atoms with Gasteiger partial charge in [-0.25, -0.2) is 4.90 Å². The highest BCUT2D eigenvalue weighted by Gasteiger charge is 2.36. The van der Waals surface area contributed by atoms with Crippen LogP contribution >= 0.6 is 0 Å². The van der Waals surface area contributed by atoms with Crippen molar-refractivity contribution in [2.24, 2.45) is 0 Å². The van der Waals surface area contributed by atoms with Gasteiger partial charge in [0.15, 0.2) is 0 Å². The molecule has 4 rings (SSSR count). The summed E-state index contributed by atoms with van der Waals surface area (Å²) in [6, 6.07) is 22.8. The van der Waals surface area contributed by atoms with Crippen LogP contribution in [-0.2, 0) is 6.54 Å². The molecule has 1 heterocycles. The van der Waals surface area contributed by atoms with Crippen LogP contribution in [0.5, 0.6) is 0 Å². The summed E-state index contributed by atoms with van der Waals surface area (Å²) in [5.41, 5.74) is 2.71. The van der Waals surface area contributed by atoms with E-state index in [0.29, 0.717) is 28.9 Å². The summed E-state index contributed by atoms with van der Waals surface area (Å²) >= 11 is 0. The first-order valence-electron chi connectivity index (χ1n) is 8.55. The Morgan fingerprint density at radius 3 is 1.89 bits per heavy atom. The summed E-state index contributed by atoms with van der Waals surface area (Å²) < 4.78 is 0. The molecule has 0 unspecified atom stereocenters. The Labute approximate surface area is 156 Å². The van der Waals surface area contributed by atoms with E-state index in [1.807, 2.05) is 30.3 Å². The molecule has 132 valence electrons. The highest BCUT2D eigenvalue weighted by Crippen LogP contribution is 2.28. The fourth-order valence-corrected chi connectivity index (χ4v) is 3.07. The van der Waals surface area contributed by atoms with Gasteiger partial charge in [-0.2, -0.15) is 0 Å². The van der Waals surface area contributed by atoms with E-state index in [1.165, 1.54) is 0 Å². The number of anilines is 1. The zero-order valence-corrected chi connectivity index (χ0v) is 14.4. The molecule has 5 nitrogen and oxygen atoms in total. The van der Waals surface area contributed by atoms with Crippen LogP contribution in [0.4, 0.5) is 5.69 Å². The van der Waals surface area contributed by atoms with Crippen molar-refractivity contribution >= 4 is 23.4 Å². The van der Waals surface area contributed by atoms with Crippen molar-refractivity contribution in [2.75, 3.05) is 4.90 Å². The molecule has 1 aliphatic rings. The maximum Gasteiger partial charge on any atom is 0.266 e. The standard InChI is InChI=1S/C22H16N2O3/c25-20(23-14-15-6-2-1-3-7-15)16-10-12-17(13-11-16)24-21(26)18-8-4-5-9-19(18)22(24)27/h1-13H,14H2,(H,23,25). The maximum absolute atomic E-state index is 12.5. The molecule has 0 aliphatic carbocycles. The van der Waals surface area contributed by atoms with Crippen LogP contribution in [-0.4, -0.2) is 17.7 Å². The van der Waals surface area contributed by atoms with Crippen LogP contribution in [0, 0.1) is 0 Å². The van der Waals surface area contributed by atoms with Gasteiger partial charge in [0.25, 0.3) is 17.7 Å². The van der Waals surface area contributed by atoms with Crippen LogP contribution in [0.1, 0.15) is 36.6 Å². The minimum absolute atomic E-state index is 0.215. The highest BCUT2D eigenvalue weighted by atomic mass is 16.2. The molecule has 0 spiro atoms. The topological polar surface area (TPSA) is 66.5 Å². The Morgan fingerprint density at radius 1 is 0.741 bits per heavy atom. The zero-order valence-electron chi connectivity index (χ0n) is 14.4. The van der Waals surface area contributed by atoms with Crippen LogP contribution < -0.4 is 10.2 Å². The maximum atomic E-state index is 12.5. The van der Waals surface area contributed by atoms with Gasteiger partial charge in [0.05, 0.1) is 16.8 Å². The number of nitrogens with one attached hydrogen (secondary N) is 1. The summed E-state index contributed by atoms with van der Waals surface area (Å²) in [6.07, 6.45) is 0. The molecular formula is C22H16N2O3. The van der Waals surface area contributed by atoms with Crippen molar-refractivity contribution in [3.63, 3.8) is 0 Å². The largest absolute Gasteiger partial charge is 0.348 e. The fraction of sp³-hybridized carbons (Fsp3) is 0.0455. The number of nitrogens with zero attached hydrogens (tertiary/aromatic N) is 1. The van der Waals surface area contributed by atoms with Gasteiger partial charge in [0.2, 0.25) is 0 Å². The van der Waals surface area contributed by atoms with Crippen molar-refractivity contribution < 1.29 is 14.4 Å². The predicted octanol–water partition coefficient (Wildman–Crippen LogP) is 3.42. The van der Waals surface area contributed by atoms with E-state index in [4.69, 9.17) is 0 Å². The van der Waals surface area contributed by atoms with E-state index in [0.717, 1.165) is 10.5 Å². The van der Waals surface area contributed by atoms with Crippen molar-refractivity contribution in [3.05, 3.63) is 101 Å². The van der Waals surface area contributed by atoms with Crippen LogP contribution in [0.15, 0.2) is 78.9 Å². The molecule has 1 aliphatic heterocycles. The SMILES string of the molecule is O=C(NCc1ccccc1)c1ccc(N2C(=O)c3ccccc3C2=O)cc1. The number of hydrogen-bond acceptors (Lipinski definition) is 3. The quantitative estimate of drug-likeness (QED) is 0.729. The number of carbonyl (C=O) groups is 3. The molecular weight excluding hydrogens is 340 g/mol. The van der Waals surface area contributed by atoms with E-state index in [1.54, 1.807) is 48.5 Å². The number of benzene rings is 3. The smallest absolute Gasteiger partial charge is 0.266 e. The molecule has 3 aromatic rings. The van der Waals surface area contributed by atoms with Gasteiger partial charge in [-0.05, 0) is 42.0 Å². The minimum atomic E-state index is -0.350. The summed E-state index contributed by atoms with van der Waals surface area (Å²) in [7, 11) is 0.